The highest BCUT2D eigenvalue weighted by molar-refractivity contribution is 7.89. The standard InChI is InChI=1S/C25H38N2O2S2/c1-18(2)21-16-23(19(3)4)25(24(17-21)20(5)6)31(28,29)27-13-11-26(12-14-27)10-9-22-8-7-15-30-22/h7-8,15-20H,9-14H2,1-6H3. The molecule has 1 aliphatic heterocycles. The van der Waals surface area contributed by atoms with E-state index in [1.165, 1.54) is 10.4 Å². The molecule has 4 nitrogen and oxygen atoms in total. The monoisotopic (exact) mass is 462 g/mol. The van der Waals surface area contributed by atoms with Crippen molar-refractivity contribution in [2.24, 2.45) is 0 Å². The van der Waals surface area contributed by atoms with Gasteiger partial charge in [0.05, 0.1) is 4.90 Å². The molecule has 31 heavy (non-hydrogen) atoms. The van der Waals surface area contributed by atoms with Crippen molar-refractivity contribution in [3.05, 3.63) is 51.2 Å². The third-order valence-electron chi connectivity index (χ3n) is 6.26. The Morgan fingerprint density at radius 3 is 1.94 bits per heavy atom. The van der Waals surface area contributed by atoms with Crippen LogP contribution in [-0.2, 0) is 16.4 Å². The second kappa shape index (κ2) is 10.2. The topological polar surface area (TPSA) is 40.6 Å². The van der Waals surface area contributed by atoms with Gasteiger partial charge in [-0.05, 0) is 52.3 Å². The number of benzene rings is 1. The molecule has 0 saturated carbocycles. The average molecular weight is 463 g/mol. The molecule has 0 unspecified atom stereocenters. The predicted molar refractivity (Wildman–Crippen MR) is 132 cm³/mol. The van der Waals surface area contributed by atoms with E-state index < -0.39 is 10.0 Å². The van der Waals surface area contributed by atoms with Gasteiger partial charge in [0.25, 0.3) is 0 Å². The Morgan fingerprint density at radius 2 is 1.48 bits per heavy atom. The van der Waals surface area contributed by atoms with Crippen molar-refractivity contribution in [2.45, 2.75) is 70.6 Å². The van der Waals surface area contributed by atoms with Crippen LogP contribution in [0.2, 0.25) is 0 Å². The molecule has 6 heteroatoms. The van der Waals surface area contributed by atoms with Gasteiger partial charge < -0.3 is 4.90 Å². The van der Waals surface area contributed by atoms with Crippen LogP contribution in [0.1, 0.15) is 80.9 Å². The molecule has 1 aromatic carbocycles. The van der Waals surface area contributed by atoms with Gasteiger partial charge in [-0.1, -0.05) is 59.7 Å². The summed E-state index contributed by atoms with van der Waals surface area (Å²) in [5, 5.41) is 2.11. The first kappa shape index (κ1) is 24.4. The van der Waals surface area contributed by atoms with Gasteiger partial charge in [0, 0.05) is 37.6 Å². The number of thiophene rings is 1. The average Bonchev–Trinajstić information content (AvgIpc) is 3.25. The van der Waals surface area contributed by atoms with Crippen molar-refractivity contribution < 1.29 is 8.42 Å². The van der Waals surface area contributed by atoms with Crippen LogP contribution in [0.3, 0.4) is 0 Å². The number of nitrogens with zero attached hydrogens (tertiary/aromatic N) is 2. The van der Waals surface area contributed by atoms with Crippen LogP contribution in [0.15, 0.2) is 34.5 Å². The summed E-state index contributed by atoms with van der Waals surface area (Å²) in [6.45, 7) is 16.5. The van der Waals surface area contributed by atoms with E-state index in [0.29, 0.717) is 23.9 Å². The molecule has 0 spiro atoms. The highest BCUT2D eigenvalue weighted by Crippen LogP contribution is 2.36. The third kappa shape index (κ3) is 5.59. The first-order chi connectivity index (χ1) is 14.6. The Bertz CT molecular complexity index is 926. The fourth-order valence-corrected chi connectivity index (χ4v) is 7.02. The lowest BCUT2D eigenvalue weighted by Crippen LogP contribution is -2.49. The summed E-state index contributed by atoms with van der Waals surface area (Å²) >= 11 is 1.79. The molecule has 1 saturated heterocycles. The maximum Gasteiger partial charge on any atom is 0.243 e. The van der Waals surface area contributed by atoms with Crippen LogP contribution in [0.25, 0.3) is 0 Å². The SMILES string of the molecule is CC(C)c1cc(C(C)C)c(S(=O)(=O)N2CCN(CCc3cccs3)CC2)c(C(C)C)c1. The second-order valence-electron chi connectivity index (χ2n) is 9.57. The van der Waals surface area contributed by atoms with Crippen LogP contribution < -0.4 is 0 Å². The van der Waals surface area contributed by atoms with Crippen LogP contribution in [-0.4, -0.2) is 50.3 Å². The van der Waals surface area contributed by atoms with Gasteiger partial charge in [0.15, 0.2) is 0 Å². The second-order valence-corrected chi connectivity index (χ2v) is 12.5. The van der Waals surface area contributed by atoms with E-state index in [0.717, 1.165) is 37.2 Å². The minimum absolute atomic E-state index is 0.160. The molecule has 1 aromatic heterocycles. The van der Waals surface area contributed by atoms with Crippen molar-refractivity contribution in [1.29, 1.82) is 0 Å². The molecule has 1 fully saturated rings. The summed E-state index contributed by atoms with van der Waals surface area (Å²) < 4.78 is 29.5. The molecule has 2 heterocycles. The molecule has 0 atom stereocenters. The largest absolute Gasteiger partial charge is 0.300 e. The minimum atomic E-state index is -3.53. The van der Waals surface area contributed by atoms with Crippen molar-refractivity contribution in [2.75, 3.05) is 32.7 Å². The Hall–Kier alpha value is -1.21. The molecule has 172 valence electrons. The Balaban J connectivity index is 1.84. The zero-order chi connectivity index (χ0) is 22.8. The summed E-state index contributed by atoms with van der Waals surface area (Å²) in [5.74, 6) is 0.694. The summed E-state index contributed by atoms with van der Waals surface area (Å²) in [4.78, 5) is 4.35. The maximum absolute atomic E-state index is 13.9. The summed E-state index contributed by atoms with van der Waals surface area (Å²) in [5.41, 5.74) is 3.16. The van der Waals surface area contributed by atoms with Gasteiger partial charge in [-0.2, -0.15) is 4.31 Å². The molecular weight excluding hydrogens is 424 g/mol. The number of hydrogen-bond acceptors (Lipinski definition) is 4. The normalized spacial score (nSPS) is 16.7. The maximum atomic E-state index is 13.9. The Morgan fingerprint density at radius 1 is 0.903 bits per heavy atom. The molecule has 0 radical (unpaired) electrons. The van der Waals surface area contributed by atoms with Gasteiger partial charge in [-0.25, -0.2) is 8.42 Å². The van der Waals surface area contributed by atoms with E-state index in [-0.39, 0.29) is 11.8 Å². The van der Waals surface area contributed by atoms with E-state index in [1.54, 1.807) is 15.6 Å². The van der Waals surface area contributed by atoms with Gasteiger partial charge in [-0.3, -0.25) is 0 Å². The molecule has 3 rings (SSSR count). The fraction of sp³-hybridized carbons (Fsp3) is 0.600. The summed E-state index contributed by atoms with van der Waals surface area (Å²) in [7, 11) is -3.53. The smallest absolute Gasteiger partial charge is 0.243 e. The molecule has 0 amide bonds. The molecular formula is C25H38N2O2S2. The van der Waals surface area contributed by atoms with Crippen molar-refractivity contribution in [1.82, 2.24) is 9.21 Å². The quantitative estimate of drug-likeness (QED) is 0.508. The lowest BCUT2D eigenvalue weighted by molar-refractivity contribution is 0.190. The van der Waals surface area contributed by atoms with Crippen molar-refractivity contribution >= 4 is 21.4 Å². The van der Waals surface area contributed by atoms with E-state index >= 15 is 0 Å². The van der Waals surface area contributed by atoms with Crippen molar-refractivity contribution in [3.63, 3.8) is 0 Å². The van der Waals surface area contributed by atoms with Crippen LogP contribution in [0.5, 0.6) is 0 Å². The Labute approximate surface area is 193 Å². The number of piperazine rings is 1. The van der Waals surface area contributed by atoms with E-state index in [2.05, 4.69) is 76.1 Å². The predicted octanol–water partition coefficient (Wildman–Crippen LogP) is 5.67. The fourth-order valence-electron chi connectivity index (χ4n) is 4.23. The number of rotatable bonds is 8. The van der Waals surface area contributed by atoms with Crippen molar-refractivity contribution in [3.8, 4) is 0 Å². The first-order valence-corrected chi connectivity index (χ1v) is 13.9. The third-order valence-corrected chi connectivity index (χ3v) is 9.23. The van der Waals surface area contributed by atoms with E-state index in [4.69, 9.17) is 0 Å². The first-order valence-electron chi connectivity index (χ1n) is 11.5. The lowest BCUT2D eigenvalue weighted by atomic mass is 9.89. The molecule has 2 aromatic rings. The number of sulfonamides is 1. The van der Waals surface area contributed by atoms with Gasteiger partial charge in [-0.15, -0.1) is 11.3 Å². The highest BCUT2D eigenvalue weighted by atomic mass is 32.2. The zero-order valence-corrected chi connectivity index (χ0v) is 21.5. The van der Waals surface area contributed by atoms with Gasteiger partial charge >= 0.3 is 0 Å². The van der Waals surface area contributed by atoms with E-state index in [9.17, 15) is 8.42 Å². The van der Waals surface area contributed by atoms with Gasteiger partial charge in [0.2, 0.25) is 10.0 Å². The molecule has 1 aliphatic rings. The minimum Gasteiger partial charge on any atom is -0.300 e. The van der Waals surface area contributed by atoms with Crippen LogP contribution in [0.4, 0.5) is 0 Å². The van der Waals surface area contributed by atoms with Crippen LogP contribution >= 0.6 is 11.3 Å². The van der Waals surface area contributed by atoms with Gasteiger partial charge in [0.1, 0.15) is 0 Å². The van der Waals surface area contributed by atoms with E-state index in [1.807, 2.05) is 0 Å². The lowest BCUT2D eigenvalue weighted by Gasteiger charge is -2.35. The zero-order valence-electron chi connectivity index (χ0n) is 19.9. The highest BCUT2D eigenvalue weighted by Gasteiger charge is 2.33. The number of hydrogen-bond donors (Lipinski definition) is 0. The molecule has 0 bridgehead atoms. The molecule has 0 N–H and O–H groups in total. The summed E-state index contributed by atoms with van der Waals surface area (Å²) in [6, 6.07) is 8.53. The Kier molecular flexibility index (Phi) is 8.00. The van der Waals surface area contributed by atoms with Crippen LogP contribution in [0, 0.1) is 0 Å². The molecule has 0 aliphatic carbocycles. The summed E-state index contributed by atoms with van der Waals surface area (Å²) in [6.07, 6.45) is 1.04.